The van der Waals surface area contributed by atoms with E-state index in [1.165, 1.54) is 8.61 Å². The first-order valence-electron chi connectivity index (χ1n) is 9.62. The molecule has 2 saturated heterocycles. The molecule has 0 bridgehead atoms. The maximum atomic E-state index is 12.7. The van der Waals surface area contributed by atoms with Gasteiger partial charge in [0.25, 0.3) is 10.2 Å². The van der Waals surface area contributed by atoms with E-state index >= 15 is 0 Å². The predicted molar refractivity (Wildman–Crippen MR) is 104 cm³/mol. The number of nitrogens with zero attached hydrogens (tertiary/aromatic N) is 4. The van der Waals surface area contributed by atoms with Crippen molar-refractivity contribution in [1.29, 1.82) is 0 Å². The first-order chi connectivity index (χ1) is 12.6. The van der Waals surface area contributed by atoms with Crippen LogP contribution >= 0.6 is 0 Å². The lowest BCUT2D eigenvalue weighted by atomic mass is 10.2. The molecule has 2 rings (SSSR count). The van der Waals surface area contributed by atoms with Crippen LogP contribution < -0.4 is 0 Å². The van der Waals surface area contributed by atoms with Crippen molar-refractivity contribution in [3.63, 3.8) is 0 Å². The molecule has 158 valence electrons. The molecule has 0 aromatic carbocycles. The number of hydrogen-bond acceptors (Lipinski definition) is 6. The van der Waals surface area contributed by atoms with Crippen LogP contribution in [-0.2, 0) is 24.8 Å². The molecule has 0 N–H and O–H groups in total. The summed E-state index contributed by atoms with van der Waals surface area (Å²) >= 11 is 0. The van der Waals surface area contributed by atoms with E-state index in [1.54, 1.807) is 4.90 Å². The number of carbonyl (C=O) groups is 1. The topological polar surface area (TPSA) is 98.3 Å². The lowest BCUT2D eigenvalue weighted by Crippen LogP contribution is -2.55. The van der Waals surface area contributed by atoms with Crippen LogP contribution in [0.15, 0.2) is 0 Å². The molecule has 0 spiro atoms. The Morgan fingerprint density at radius 3 is 2.07 bits per heavy atom. The van der Waals surface area contributed by atoms with Crippen LogP contribution in [0.2, 0.25) is 0 Å². The molecule has 11 heteroatoms. The molecule has 27 heavy (non-hydrogen) atoms. The quantitative estimate of drug-likeness (QED) is 0.507. The Kier molecular flexibility index (Phi) is 7.65. The molecule has 1 amide bonds. The third-order valence-electron chi connectivity index (χ3n) is 5.36. The van der Waals surface area contributed by atoms with E-state index in [2.05, 4.69) is 0 Å². The first-order valence-corrected chi connectivity index (χ1v) is 12.8. The number of rotatable bonds is 8. The van der Waals surface area contributed by atoms with E-state index in [1.807, 2.05) is 25.7 Å². The minimum Gasteiger partial charge on any atom is -0.338 e. The number of sulfone groups is 1. The summed E-state index contributed by atoms with van der Waals surface area (Å²) in [5.41, 5.74) is 0. The van der Waals surface area contributed by atoms with E-state index in [0.29, 0.717) is 52.2 Å². The minimum absolute atomic E-state index is 0.0441. The van der Waals surface area contributed by atoms with Crippen LogP contribution in [0.25, 0.3) is 0 Å². The molecule has 1 unspecified atom stereocenters. The summed E-state index contributed by atoms with van der Waals surface area (Å²) in [7, 11) is -6.48. The smallest absolute Gasteiger partial charge is 0.282 e. The van der Waals surface area contributed by atoms with Gasteiger partial charge in [-0.25, -0.2) is 8.42 Å². The van der Waals surface area contributed by atoms with Crippen molar-refractivity contribution in [2.24, 2.45) is 0 Å². The van der Waals surface area contributed by atoms with E-state index in [9.17, 15) is 21.6 Å². The summed E-state index contributed by atoms with van der Waals surface area (Å²) in [6, 6.07) is -0.239. The van der Waals surface area contributed by atoms with E-state index < -0.39 is 20.0 Å². The van der Waals surface area contributed by atoms with Gasteiger partial charge in [-0.2, -0.15) is 17.0 Å². The molecule has 2 heterocycles. The van der Waals surface area contributed by atoms with Gasteiger partial charge >= 0.3 is 0 Å². The summed E-state index contributed by atoms with van der Waals surface area (Å²) < 4.78 is 51.4. The second-order valence-corrected chi connectivity index (χ2v) is 11.2. The molecule has 2 aliphatic heterocycles. The zero-order chi connectivity index (χ0) is 20.2. The number of piperazine rings is 1. The monoisotopic (exact) mass is 424 g/mol. The molecule has 2 fully saturated rings. The maximum absolute atomic E-state index is 12.7. The largest absolute Gasteiger partial charge is 0.338 e. The zero-order valence-corrected chi connectivity index (χ0v) is 18.1. The Labute approximate surface area is 163 Å². The molecule has 2 aliphatic rings. The molecule has 0 aromatic rings. The summed E-state index contributed by atoms with van der Waals surface area (Å²) in [6.07, 6.45) is 0.498. The summed E-state index contributed by atoms with van der Waals surface area (Å²) in [4.78, 5) is 16.3. The Hall–Kier alpha value is -0.750. The maximum Gasteiger partial charge on any atom is 0.282 e. The predicted octanol–water partition coefficient (Wildman–Crippen LogP) is -0.774. The van der Waals surface area contributed by atoms with Crippen LogP contribution in [0.3, 0.4) is 0 Å². The molecule has 0 saturated carbocycles. The van der Waals surface area contributed by atoms with Gasteiger partial charge in [0, 0.05) is 51.9 Å². The fourth-order valence-corrected chi connectivity index (χ4v) is 7.11. The van der Waals surface area contributed by atoms with Crippen LogP contribution in [-0.4, -0.2) is 111 Å². The van der Waals surface area contributed by atoms with Crippen molar-refractivity contribution in [2.75, 3.05) is 63.9 Å². The molecule has 0 aliphatic carbocycles. The number of carbonyl (C=O) groups excluding carboxylic acids is 1. The average Bonchev–Trinajstić information content (AvgIpc) is 2.96. The minimum atomic E-state index is -3.45. The average molecular weight is 425 g/mol. The van der Waals surface area contributed by atoms with Crippen molar-refractivity contribution in [2.45, 2.75) is 33.2 Å². The van der Waals surface area contributed by atoms with Crippen molar-refractivity contribution >= 4 is 26.0 Å². The standard InChI is InChI=1S/C16H32N4O5S2/c1-4-18(5-2)27(24,25)19-10-8-17(9-11-19)13-16(21)20(6-3)15-7-12-26(22,23)14-15/h15H,4-14H2,1-3H3. The molecular formula is C16H32N4O5S2. The Balaban J connectivity index is 1.90. The summed E-state index contributed by atoms with van der Waals surface area (Å²) in [5, 5.41) is 0. The van der Waals surface area contributed by atoms with E-state index in [0.717, 1.165) is 0 Å². The van der Waals surface area contributed by atoms with Gasteiger partial charge in [-0.3, -0.25) is 9.69 Å². The van der Waals surface area contributed by atoms with E-state index in [4.69, 9.17) is 0 Å². The van der Waals surface area contributed by atoms with Crippen LogP contribution in [0, 0.1) is 0 Å². The highest BCUT2D eigenvalue weighted by atomic mass is 32.2. The Bertz CT molecular complexity index is 713. The number of amides is 1. The lowest BCUT2D eigenvalue weighted by molar-refractivity contribution is -0.134. The van der Waals surface area contributed by atoms with Crippen LogP contribution in [0.4, 0.5) is 0 Å². The van der Waals surface area contributed by atoms with Gasteiger partial charge in [0.05, 0.1) is 18.1 Å². The highest BCUT2D eigenvalue weighted by Gasteiger charge is 2.35. The van der Waals surface area contributed by atoms with Crippen molar-refractivity contribution < 1.29 is 21.6 Å². The van der Waals surface area contributed by atoms with Gasteiger partial charge in [-0.1, -0.05) is 13.8 Å². The summed E-state index contributed by atoms with van der Waals surface area (Å²) in [6.45, 7) is 8.75. The van der Waals surface area contributed by atoms with Gasteiger partial charge < -0.3 is 4.90 Å². The molecule has 0 aromatic heterocycles. The molecule has 9 nitrogen and oxygen atoms in total. The third kappa shape index (κ3) is 5.41. The first kappa shape index (κ1) is 22.5. The second kappa shape index (κ2) is 9.17. The van der Waals surface area contributed by atoms with Crippen LogP contribution in [0.5, 0.6) is 0 Å². The SMILES string of the molecule is CCN(C(=O)CN1CCN(S(=O)(=O)N(CC)CC)CC1)C1CCS(=O)(=O)C1. The van der Waals surface area contributed by atoms with Gasteiger partial charge in [-0.15, -0.1) is 0 Å². The van der Waals surface area contributed by atoms with Gasteiger partial charge in [0.2, 0.25) is 5.91 Å². The van der Waals surface area contributed by atoms with Crippen molar-refractivity contribution in [1.82, 2.24) is 18.4 Å². The number of likely N-dealkylation sites (N-methyl/N-ethyl adjacent to an activating group) is 1. The number of hydrogen-bond donors (Lipinski definition) is 0. The second-order valence-electron chi connectivity index (χ2n) is 7.00. The summed E-state index contributed by atoms with van der Waals surface area (Å²) in [5.74, 6) is 0.103. The zero-order valence-electron chi connectivity index (χ0n) is 16.5. The fraction of sp³-hybridized carbons (Fsp3) is 0.938. The fourth-order valence-electron chi connectivity index (χ4n) is 3.77. The molecular weight excluding hydrogens is 392 g/mol. The third-order valence-corrected chi connectivity index (χ3v) is 9.30. The van der Waals surface area contributed by atoms with Gasteiger partial charge in [-0.05, 0) is 13.3 Å². The van der Waals surface area contributed by atoms with Gasteiger partial charge in [0.15, 0.2) is 9.84 Å². The lowest BCUT2D eigenvalue weighted by Gasteiger charge is -2.37. The highest BCUT2D eigenvalue weighted by molar-refractivity contribution is 7.91. The van der Waals surface area contributed by atoms with Gasteiger partial charge in [0.1, 0.15) is 0 Å². The van der Waals surface area contributed by atoms with Crippen molar-refractivity contribution in [3.05, 3.63) is 0 Å². The highest BCUT2D eigenvalue weighted by Crippen LogP contribution is 2.18. The van der Waals surface area contributed by atoms with E-state index in [-0.39, 0.29) is 30.0 Å². The normalized spacial score (nSPS) is 24.4. The van der Waals surface area contributed by atoms with Crippen molar-refractivity contribution in [3.8, 4) is 0 Å². The Morgan fingerprint density at radius 1 is 1.04 bits per heavy atom. The van der Waals surface area contributed by atoms with Crippen LogP contribution in [0.1, 0.15) is 27.2 Å². The Morgan fingerprint density at radius 2 is 1.63 bits per heavy atom. The molecule has 0 radical (unpaired) electrons. The molecule has 1 atom stereocenters.